The molecule has 70 valence electrons. The lowest BCUT2D eigenvalue weighted by atomic mass is 10.4. The summed E-state index contributed by atoms with van der Waals surface area (Å²) in [5.41, 5.74) is 0. The van der Waals surface area contributed by atoms with Crippen LogP contribution in [-0.4, -0.2) is 33.0 Å². The topological polar surface area (TPSA) is 37.4 Å². The Morgan fingerprint density at radius 1 is 1.33 bits per heavy atom. The highest BCUT2D eigenvalue weighted by molar-refractivity contribution is 8.16. The van der Waals surface area contributed by atoms with Crippen LogP contribution in [0.1, 0.15) is 12.8 Å². The minimum atomic E-state index is -3.45. The lowest BCUT2D eigenvalue weighted by Gasteiger charge is -2.09. The molecule has 12 heavy (non-hydrogen) atoms. The van der Waals surface area contributed by atoms with Crippen LogP contribution < -0.4 is 0 Å². The third kappa shape index (κ3) is 4.09. The van der Waals surface area contributed by atoms with E-state index in [0.29, 0.717) is 6.54 Å². The Bertz CT molecular complexity index is 255. The molecule has 1 heterocycles. The summed E-state index contributed by atoms with van der Waals surface area (Å²) in [5.74, 6) is 0. The van der Waals surface area contributed by atoms with Crippen LogP contribution >= 0.6 is 10.7 Å². The SMILES string of the molecule is O=S(=O)(Cl)/C=C\CN1CCCC1. The molecule has 5 heteroatoms. The van der Waals surface area contributed by atoms with Crippen molar-refractivity contribution in [1.29, 1.82) is 0 Å². The molecule has 0 aliphatic carbocycles. The first-order chi connectivity index (χ1) is 5.58. The van der Waals surface area contributed by atoms with Crippen LogP contribution in [-0.2, 0) is 9.05 Å². The van der Waals surface area contributed by atoms with Gasteiger partial charge < -0.3 is 0 Å². The van der Waals surface area contributed by atoms with Gasteiger partial charge in [0.2, 0.25) is 0 Å². The maximum Gasteiger partial charge on any atom is 0.254 e. The van der Waals surface area contributed by atoms with Crippen molar-refractivity contribution in [1.82, 2.24) is 4.90 Å². The van der Waals surface area contributed by atoms with Gasteiger partial charge in [-0.25, -0.2) is 8.42 Å². The molecule has 0 aromatic rings. The Morgan fingerprint density at radius 3 is 2.42 bits per heavy atom. The molecule has 0 N–H and O–H groups in total. The summed E-state index contributed by atoms with van der Waals surface area (Å²) in [6.07, 6.45) is 4.01. The summed E-state index contributed by atoms with van der Waals surface area (Å²) in [6.45, 7) is 2.81. The van der Waals surface area contributed by atoms with Gasteiger partial charge >= 0.3 is 0 Å². The highest BCUT2D eigenvalue weighted by atomic mass is 35.7. The molecule has 1 saturated heterocycles. The first-order valence-corrected chi connectivity index (χ1v) is 6.29. The minimum absolute atomic E-state index is 0.686. The summed E-state index contributed by atoms with van der Waals surface area (Å²) < 4.78 is 20.9. The second-order valence-electron chi connectivity index (χ2n) is 2.86. The van der Waals surface area contributed by atoms with Crippen molar-refractivity contribution < 1.29 is 8.42 Å². The zero-order chi connectivity index (χ0) is 9.03. The van der Waals surface area contributed by atoms with Gasteiger partial charge in [0.1, 0.15) is 0 Å². The molecular formula is C7H12ClNO2S. The van der Waals surface area contributed by atoms with Crippen molar-refractivity contribution in [3.05, 3.63) is 11.5 Å². The molecule has 1 aliphatic heterocycles. The average Bonchev–Trinajstić information content (AvgIpc) is 2.36. The van der Waals surface area contributed by atoms with Crippen LogP contribution in [0.5, 0.6) is 0 Å². The van der Waals surface area contributed by atoms with E-state index in [1.807, 2.05) is 0 Å². The predicted octanol–water partition coefficient (Wildman–Crippen LogP) is 1.16. The van der Waals surface area contributed by atoms with Crippen molar-refractivity contribution in [3.63, 3.8) is 0 Å². The second kappa shape index (κ2) is 4.25. The molecule has 0 spiro atoms. The Labute approximate surface area is 77.4 Å². The van der Waals surface area contributed by atoms with Crippen LogP contribution in [0.3, 0.4) is 0 Å². The number of hydrogen-bond acceptors (Lipinski definition) is 3. The normalized spacial score (nSPS) is 20.8. The van der Waals surface area contributed by atoms with Gasteiger partial charge in [0.15, 0.2) is 0 Å². The van der Waals surface area contributed by atoms with Crippen LogP contribution in [0.2, 0.25) is 0 Å². The smallest absolute Gasteiger partial charge is 0.254 e. The first-order valence-electron chi connectivity index (χ1n) is 3.91. The standard InChI is InChI=1S/C7H12ClNO2S/c8-12(10,11)7-3-6-9-4-1-2-5-9/h3,7H,1-2,4-6H2/b7-3-. The summed E-state index contributed by atoms with van der Waals surface area (Å²) in [4.78, 5) is 2.19. The highest BCUT2D eigenvalue weighted by Gasteiger charge is 2.09. The van der Waals surface area contributed by atoms with Crippen LogP contribution in [0, 0.1) is 0 Å². The molecule has 0 bridgehead atoms. The molecular weight excluding hydrogens is 198 g/mol. The number of halogens is 1. The molecule has 0 radical (unpaired) electrons. The Balaban J connectivity index is 2.29. The van der Waals surface area contributed by atoms with Crippen molar-refractivity contribution in [3.8, 4) is 0 Å². The lowest BCUT2D eigenvalue weighted by Crippen LogP contribution is -2.18. The van der Waals surface area contributed by atoms with E-state index >= 15 is 0 Å². The van der Waals surface area contributed by atoms with E-state index in [0.717, 1.165) is 18.5 Å². The van der Waals surface area contributed by atoms with Gasteiger partial charge in [-0.1, -0.05) is 6.08 Å². The number of rotatable bonds is 3. The number of likely N-dealkylation sites (tertiary alicyclic amines) is 1. The van der Waals surface area contributed by atoms with Crippen molar-refractivity contribution in [2.75, 3.05) is 19.6 Å². The van der Waals surface area contributed by atoms with Gasteiger partial charge in [0.05, 0.1) is 0 Å². The van der Waals surface area contributed by atoms with Gasteiger partial charge in [-0.2, -0.15) is 0 Å². The molecule has 0 aromatic carbocycles. The van der Waals surface area contributed by atoms with Crippen molar-refractivity contribution in [2.24, 2.45) is 0 Å². The largest absolute Gasteiger partial charge is 0.300 e. The molecule has 1 aliphatic rings. The van der Waals surface area contributed by atoms with Crippen LogP contribution in [0.15, 0.2) is 11.5 Å². The molecule has 0 atom stereocenters. The predicted molar refractivity (Wildman–Crippen MR) is 49.6 cm³/mol. The maximum atomic E-state index is 10.5. The molecule has 0 amide bonds. The Kier molecular flexibility index (Phi) is 3.55. The highest BCUT2D eigenvalue weighted by Crippen LogP contribution is 2.07. The van der Waals surface area contributed by atoms with E-state index in [-0.39, 0.29) is 0 Å². The van der Waals surface area contributed by atoms with Crippen molar-refractivity contribution >= 4 is 19.7 Å². The Morgan fingerprint density at radius 2 is 1.92 bits per heavy atom. The second-order valence-corrected chi connectivity index (χ2v) is 5.37. The maximum absolute atomic E-state index is 10.5. The van der Waals surface area contributed by atoms with E-state index in [9.17, 15) is 8.42 Å². The summed E-state index contributed by atoms with van der Waals surface area (Å²) >= 11 is 0. The quantitative estimate of drug-likeness (QED) is 0.655. The van der Waals surface area contributed by atoms with Crippen molar-refractivity contribution in [2.45, 2.75) is 12.8 Å². The summed E-state index contributed by atoms with van der Waals surface area (Å²) in [6, 6.07) is 0. The van der Waals surface area contributed by atoms with Crippen LogP contribution in [0.4, 0.5) is 0 Å². The Hall–Kier alpha value is -0.0600. The zero-order valence-electron chi connectivity index (χ0n) is 6.74. The molecule has 3 nitrogen and oxygen atoms in total. The third-order valence-corrected chi connectivity index (χ3v) is 2.65. The zero-order valence-corrected chi connectivity index (χ0v) is 8.31. The van der Waals surface area contributed by atoms with Gasteiger partial charge in [-0.3, -0.25) is 4.90 Å². The minimum Gasteiger partial charge on any atom is -0.300 e. The fraction of sp³-hybridized carbons (Fsp3) is 0.714. The van der Waals surface area contributed by atoms with Gasteiger partial charge in [0, 0.05) is 22.6 Å². The fourth-order valence-corrected chi connectivity index (χ4v) is 1.81. The number of nitrogens with zero attached hydrogens (tertiary/aromatic N) is 1. The molecule has 0 unspecified atom stereocenters. The van der Waals surface area contributed by atoms with E-state index in [4.69, 9.17) is 10.7 Å². The van der Waals surface area contributed by atoms with Crippen LogP contribution in [0.25, 0.3) is 0 Å². The average molecular weight is 210 g/mol. The fourth-order valence-electron chi connectivity index (χ4n) is 1.27. The van der Waals surface area contributed by atoms with Gasteiger partial charge in [0.25, 0.3) is 9.05 Å². The summed E-state index contributed by atoms with van der Waals surface area (Å²) in [5, 5.41) is 1.05. The van der Waals surface area contributed by atoms with E-state index in [2.05, 4.69) is 4.90 Å². The molecule has 1 rings (SSSR count). The lowest BCUT2D eigenvalue weighted by molar-refractivity contribution is 0.377. The van der Waals surface area contributed by atoms with E-state index in [1.165, 1.54) is 12.8 Å². The molecule has 1 fully saturated rings. The third-order valence-electron chi connectivity index (χ3n) is 1.82. The van der Waals surface area contributed by atoms with Gasteiger partial charge in [-0.15, -0.1) is 0 Å². The molecule has 0 aromatic heterocycles. The summed E-state index contributed by atoms with van der Waals surface area (Å²) in [7, 11) is 1.53. The monoisotopic (exact) mass is 209 g/mol. The van der Waals surface area contributed by atoms with E-state index in [1.54, 1.807) is 6.08 Å². The molecule has 0 saturated carbocycles. The van der Waals surface area contributed by atoms with E-state index < -0.39 is 9.05 Å². The number of hydrogen-bond donors (Lipinski definition) is 0. The first kappa shape index (κ1) is 10.0. The van der Waals surface area contributed by atoms with Gasteiger partial charge in [-0.05, 0) is 25.9 Å².